The summed E-state index contributed by atoms with van der Waals surface area (Å²) < 4.78 is 6.05. The molecule has 0 unspecified atom stereocenters. The molecule has 0 aliphatic heterocycles. The Morgan fingerprint density at radius 2 is 2.18 bits per heavy atom. The van der Waals surface area contributed by atoms with Crippen LogP contribution in [0.3, 0.4) is 0 Å². The molecule has 1 aromatic carbocycles. The summed E-state index contributed by atoms with van der Waals surface area (Å²) in [6.45, 7) is 3.69. The van der Waals surface area contributed by atoms with Crippen LogP contribution in [0.2, 0.25) is 0 Å². The van der Waals surface area contributed by atoms with Gasteiger partial charge in [-0.2, -0.15) is 0 Å². The molecule has 0 aliphatic rings. The molecule has 0 atom stereocenters. The lowest BCUT2D eigenvalue weighted by molar-refractivity contribution is 0.102. The Morgan fingerprint density at radius 1 is 1.41 bits per heavy atom. The molecule has 2 aromatic rings. The first-order valence-electron chi connectivity index (χ1n) is 5.07. The first-order chi connectivity index (χ1) is 8.08. The van der Waals surface area contributed by atoms with E-state index in [2.05, 4.69) is 33.1 Å². The van der Waals surface area contributed by atoms with Crippen LogP contribution in [-0.4, -0.2) is 11.1 Å². The van der Waals surface area contributed by atoms with Gasteiger partial charge in [0.1, 0.15) is 0 Å². The third-order valence-corrected chi connectivity index (χ3v) is 3.14. The quantitative estimate of drug-likeness (QED) is 0.853. The number of amides is 1. The highest BCUT2D eigenvalue weighted by Gasteiger charge is 2.13. The number of benzene rings is 1. The molecule has 1 amide bonds. The van der Waals surface area contributed by atoms with E-state index in [4.69, 9.17) is 4.52 Å². The fourth-order valence-corrected chi connectivity index (χ4v) is 1.88. The number of aromatic nitrogens is 1. The van der Waals surface area contributed by atoms with Crippen molar-refractivity contribution in [3.8, 4) is 0 Å². The van der Waals surface area contributed by atoms with Crippen molar-refractivity contribution >= 4 is 34.4 Å². The largest absolute Gasteiger partial charge is 0.338 e. The van der Waals surface area contributed by atoms with Crippen molar-refractivity contribution in [2.45, 2.75) is 13.8 Å². The SMILES string of the molecule is Cc1noc(NC(=O)c2cccc(I)c2)c1C. The zero-order valence-corrected chi connectivity index (χ0v) is 11.6. The van der Waals surface area contributed by atoms with Crippen molar-refractivity contribution in [3.63, 3.8) is 0 Å². The van der Waals surface area contributed by atoms with E-state index in [1.54, 1.807) is 6.07 Å². The van der Waals surface area contributed by atoms with E-state index in [0.29, 0.717) is 11.4 Å². The number of hydrogen-bond acceptors (Lipinski definition) is 3. The number of carbonyl (C=O) groups is 1. The maximum absolute atomic E-state index is 11.9. The Bertz CT molecular complexity index is 563. The zero-order chi connectivity index (χ0) is 12.4. The van der Waals surface area contributed by atoms with Crippen LogP contribution >= 0.6 is 22.6 Å². The van der Waals surface area contributed by atoms with Gasteiger partial charge in [0.15, 0.2) is 0 Å². The first kappa shape index (κ1) is 12.1. The Labute approximate surface area is 113 Å². The summed E-state index contributed by atoms with van der Waals surface area (Å²) in [5.41, 5.74) is 2.23. The molecular weight excluding hydrogens is 331 g/mol. The molecule has 0 spiro atoms. The number of anilines is 1. The Balaban J connectivity index is 2.20. The average molecular weight is 342 g/mol. The van der Waals surface area contributed by atoms with E-state index in [1.807, 2.05) is 32.0 Å². The van der Waals surface area contributed by atoms with Gasteiger partial charge in [0.25, 0.3) is 5.91 Å². The summed E-state index contributed by atoms with van der Waals surface area (Å²) >= 11 is 2.16. The highest BCUT2D eigenvalue weighted by Crippen LogP contribution is 2.18. The highest BCUT2D eigenvalue weighted by molar-refractivity contribution is 14.1. The molecule has 1 aromatic heterocycles. The van der Waals surface area contributed by atoms with Gasteiger partial charge in [0.2, 0.25) is 5.88 Å². The van der Waals surface area contributed by atoms with Crippen molar-refractivity contribution in [1.29, 1.82) is 0 Å². The fraction of sp³-hybridized carbons (Fsp3) is 0.167. The normalized spacial score (nSPS) is 10.3. The molecule has 5 heteroatoms. The number of rotatable bonds is 2. The summed E-state index contributed by atoms with van der Waals surface area (Å²) in [6.07, 6.45) is 0. The Morgan fingerprint density at radius 3 is 2.76 bits per heavy atom. The van der Waals surface area contributed by atoms with Crippen molar-refractivity contribution < 1.29 is 9.32 Å². The lowest BCUT2D eigenvalue weighted by Gasteiger charge is -2.02. The van der Waals surface area contributed by atoms with Crippen molar-refractivity contribution in [2.24, 2.45) is 0 Å². The summed E-state index contributed by atoms with van der Waals surface area (Å²) in [5.74, 6) is 0.217. The van der Waals surface area contributed by atoms with Crippen molar-refractivity contribution in [3.05, 3.63) is 44.7 Å². The number of carbonyl (C=O) groups excluding carboxylic acids is 1. The topological polar surface area (TPSA) is 55.1 Å². The van der Waals surface area contributed by atoms with Crippen molar-refractivity contribution in [2.75, 3.05) is 5.32 Å². The molecule has 1 heterocycles. The summed E-state index contributed by atoms with van der Waals surface area (Å²) in [5, 5.41) is 6.49. The monoisotopic (exact) mass is 342 g/mol. The minimum absolute atomic E-state index is 0.192. The van der Waals surface area contributed by atoms with Gasteiger partial charge in [0, 0.05) is 14.7 Å². The molecule has 0 bridgehead atoms. The van der Waals surface area contributed by atoms with Gasteiger partial charge >= 0.3 is 0 Å². The lowest BCUT2D eigenvalue weighted by atomic mass is 10.2. The second kappa shape index (κ2) is 4.87. The van der Waals surface area contributed by atoms with E-state index in [1.165, 1.54) is 0 Å². The van der Waals surface area contributed by atoms with Gasteiger partial charge in [-0.15, -0.1) is 0 Å². The van der Waals surface area contributed by atoms with Crippen LogP contribution in [0.25, 0.3) is 0 Å². The molecule has 0 saturated carbocycles. The number of halogens is 1. The van der Waals surface area contributed by atoms with Crippen LogP contribution in [0.4, 0.5) is 5.88 Å². The molecule has 0 saturated heterocycles. The molecular formula is C12H11IN2O2. The van der Waals surface area contributed by atoms with E-state index in [-0.39, 0.29) is 5.91 Å². The van der Waals surface area contributed by atoms with E-state index < -0.39 is 0 Å². The number of aryl methyl sites for hydroxylation is 1. The summed E-state index contributed by atoms with van der Waals surface area (Å²) in [7, 11) is 0. The molecule has 0 radical (unpaired) electrons. The molecule has 2 rings (SSSR count). The van der Waals surface area contributed by atoms with E-state index >= 15 is 0 Å². The Hall–Kier alpha value is -1.37. The lowest BCUT2D eigenvalue weighted by Crippen LogP contribution is -2.12. The second-order valence-corrected chi connectivity index (χ2v) is 4.93. The van der Waals surface area contributed by atoms with Crippen LogP contribution in [0, 0.1) is 17.4 Å². The predicted molar refractivity (Wildman–Crippen MR) is 73.1 cm³/mol. The number of hydrogen-bond donors (Lipinski definition) is 1. The number of nitrogens with zero attached hydrogens (tertiary/aromatic N) is 1. The fourth-order valence-electron chi connectivity index (χ4n) is 1.34. The Kier molecular flexibility index (Phi) is 3.46. The van der Waals surface area contributed by atoms with Gasteiger partial charge < -0.3 is 4.52 Å². The van der Waals surface area contributed by atoms with Gasteiger partial charge in [0.05, 0.1) is 5.69 Å². The molecule has 88 valence electrons. The molecule has 0 fully saturated rings. The minimum atomic E-state index is -0.192. The molecule has 17 heavy (non-hydrogen) atoms. The zero-order valence-electron chi connectivity index (χ0n) is 9.45. The highest BCUT2D eigenvalue weighted by atomic mass is 127. The second-order valence-electron chi connectivity index (χ2n) is 3.69. The molecule has 0 aliphatic carbocycles. The van der Waals surface area contributed by atoms with Gasteiger partial charge in [-0.1, -0.05) is 11.2 Å². The predicted octanol–water partition coefficient (Wildman–Crippen LogP) is 3.15. The van der Waals surface area contributed by atoms with Gasteiger partial charge in [-0.05, 0) is 54.6 Å². The summed E-state index contributed by atoms with van der Waals surface area (Å²) in [4.78, 5) is 11.9. The maximum Gasteiger partial charge on any atom is 0.258 e. The van der Waals surface area contributed by atoms with Gasteiger partial charge in [-0.3, -0.25) is 10.1 Å². The average Bonchev–Trinajstić information content (AvgIpc) is 2.61. The van der Waals surface area contributed by atoms with Gasteiger partial charge in [-0.25, -0.2) is 0 Å². The van der Waals surface area contributed by atoms with Crippen LogP contribution in [-0.2, 0) is 0 Å². The van der Waals surface area contributed by atoms with Crippen LogP contribution in [0.1, 0.15) is 21.6 Å². The van der Waals surface area contributed by atoms with Crippen LogP contribution in [0.5, 0.6) is 0 Å². The van der Waals surface area contributed by atoms with E-state index in [0.717, 1.165) is 14.8 Å². The smallest absolute Gasteiger partial charge is 0.258 e. The molecule has 1 N–H and O–H groups in total. The standard InChI is InChI=1S/C12H11IN2O2/c1-7-8(2)15-17-12(7)14-11(16)9-4-3-5-10(13)6-9/h3-6H,1-2H3,(H,14,16). The summed E-state index contributed by atoms with van der Waals surface area (Å²) in [6, 6.07) is 7.35. The van der Waals surface area contributed by atoms with E-state index in [9.17, 15) is 4.79 Å². The van der Waals surface area contributed by atoms with Crippen LogP contribution in [0.15, 0.2) is 28.8 Å². The third kappa shape index (κ3) is 2.66. The molecule has 4 nitrogen and oxygen atoms in total. The number of nitrogens with one attached hydrogen (secondary N) is 1. The maximum atomic E-state index is 11.9. The first-order valence-corrected chi connectivity index (χ1v) is 6.15. The van der Waals surface area contributed by atoms with Crippen LogP contribution < -0.4 is 5.32 Å². The minimum Gasteiger partial charge on any atom is -0.338 e. The van der Waals surface area contributed by atoms with Crippen molar-refractivity contribution in [1.82, 2.24) is 5.16 Å². The third-order valence-electron chi connectivity index (χ3n) is 2.47.